The Morgan fingerprint density at radius 3 is 2.86 bits per heavy atom. The number of rotatable bonds is 4. The van der Waals surface area contributed by atoms with Crippen molar-refractivity contribution in [2.75, 3.05) is 19.7 Å². The van der Waals surface area contributed by atoms with Crippen molar-refractivity contribution in [3.63, 3.8) is 0 Å². The summed E-state index contributed by atoms with van der Waals surface area (Å²) in [5.41, 5.74) is 2.26. The number of morpholine rings is 1. The molecule has 114 valence electrons. The van der Waals surface area contributed by atoms with Gasteiger partial charge in [-0.25, -0.2) is 9.97 Å². The van der Waals surface area contributed by atoms with Crippen molar-refractivity contribution in [2.24, 2.45) is 0 Å². The van der Waals surface area contributed by atoms with Crippen LogP contribution in [-0.2, 0) is 11.3 Å². The monoisotopic (exact) mass is 323 g/mol. The highest BCUT2D eigenvalue weighted by atomic mass is 32.1. The summed E-state index contributed by atoms with van der Waals surface area (Å²) in [5, 5.41) is 6.60. The predicted octanol–water partition coefficient (Wildman–Crippen LogP) is 3.60. The number of hydrogen-bond acceptors (Lipinski definition) is 6. The summed E-state index contributed by atoms with van der Waals surface area (Å²) in [6, 6.07) is 0. The van der Waals surface area contributed by atoms with Gasteiger partial charge in [-0.2, -0.15) is 0 Å². The number of nitrogens with zero attached hydrogens (tertiary/aromatic N) is 3. The van der Waals surface area contributed by atoms with Crippen LogP contribution in [0, 0.1) is 6.92 Å². The second-order valence-corrected chi connectivity index (χ2v) is 7.53. The predicted molar refractivity (Wildman–Crippen MR) is 87.0 cm³/mol. The Morgan fingerprint density at radius 1 is 1.33 bits per heavy atom. The first-order valence-corrected chi connectivity index (χ1v) is 9.08. The van der Waals surface area contributed by atoms with Gasteiger partial charge in [0.05, 0.1) is 17.3 Å². The zero-order valence-electron chi connectivity index (χ0n) is 12.7. The number of aryl methyl sites for hydroxylation is 1. The maximum Gasteiger partial charge on any atom is 0.123 e. The second-order valence-electron chi connectivity index (χ2n) is 5.75. The molecule has 0 amide bonds. The Labute approximate surface area is 133 Å². The van der Waals surface area contributed by atoms with Crippen LogP contribution in [0.2, 0.25) is 0 Å². The lowest BCUT2D eigenvalue weighted by Crippen LogP contribution is -2.37. The molecule has 0 saturated carbocycles. The van der Waals surface area contributed by atoms with Crippen LogP contribution >= 0.6 is 22.7 Å². The average Bonchev–Trinajstić information content (AvgIpc) is 3.08. The summed E-state index contributed by atoms with van der Waals surface area (Å²) in [7, 11) is 0. The third kappa shape index (κ3) is 3.69. The van der Waals surface area contributed by atoms with Gasteiger partial charge in [-0.05, 0) is 6.92 Å². The molecule has 0 spiro atoms. The van der Waals surface area contributed by atoms with E-state index in [2.05, 4.69) is 34.5 Å². The van der Waals surface area contributed by atoms with Crippen molar-refractivity contribution in [1.29, 1.82) is 0 Å². The van der Waals surface area contributed by atoms with Crippen LogP contribution in [0.25, 0.3) is 0 Å². The van der Waals surface area contributed by atoms with Crippen molar-refractivity contribution in [2.45, 2.75) is 39.3 Å². The van der Waals surface area contributed by atoms with Gasteiger partial charge in [-0.15, -0.1) is 22.7 Å². The molecule has 0 radical (unpaired) electrons. The molecule has 3 heterocycles. The van der Waals surface area contributed by atoms with E-state index in [-0.39, 0.29) is 6.10 Å². The van der Waals surface area contributed by atoms with Gasteiger partial charge in [0.15, 0.2) is 0 Å². The first kappa shape index (κ1) is 15.1. The second kappa shape index (κ2) is 6.52. The molecule has 4 nitrogen and oxygen atoms in total. The molecule has 0 aliphatic carbocycles. The van der Waals surface area contributed by atoms with Crippen LogP contribution in [0.3, 0.4) is 0 Å². The molecular formula is C15H21N3OS2. The molecule has 6 heteroatoms. The molecule has 2 aromatic rings. The van der Waals surface area contributed by atoms with E-state index < -0.39 is 0 Å². The summed E-state index contributed by atoms with van der Waals surface area (Å²) in [6.07, 6.45) is 0.112. The maximum atomic E-state index is 5.88. The van der Waals surface area contributed by atoms with Gasteiger partial charge in [0.25, 0.3) is 0 Å². The summed E-state index contributed by atoms with van der Waals surface area (Å²) in [6.45, 7) is 9.97. The SMILES string of the molecule is Cc1csc([C@H]2CN(Cc3csc(C(C)C)n3)CCO2)n1. The lowest BCUT2D eigenvalue weighted by molar-refractivity contribution is -0.0333. The van der Waals surface area contributed by atoms with Crippen molar-refractivity contribution in [3.8, 4) is 0 Å². The van der Waals surface area contributed by atoms with Gasteiger partial charge >= 0.3 is 0 Å². The molecular weight excluding hydrogens is 302 g/mol. The van der Waals surface area contributed by atoms with Crippen molar-refractivity contribution < 1.29 is 4.74 Å². The molecule has 1 atom stereocenters. The molecule has 1 saturated heterocycles. The summed E-state index contributed by atoms with van der Waals surface area (Å²) >= 11 is 3.46. The Hall–Kier alpha value is -0.820. The number of thiazole rings is 2. The molecule has 1 aliphatic heterocycles. The minimum atomic E-state index is 0.112. The lowest BCUT2D eigenvalue weighted by Gasteiger charge is -2.31. The molecule has 0 aromatic carbocycles. The summed E-state index contributed by atoms with van der Waals surface area (Å²) in [4.78, 5) is 11.7. The van der Waals surface area contributed by atoms with Gasteiger partial charge in [0, 0.05) is 42.0 Å². The number of ether oxygens (including phenoxy) is 1. The van der Waals surface area contributed by atoms with Crippen LogP contribution in [-0.4, -0.2) is 34.6 Å². The van der Waals surface area contributed by atoms with E-state index in [9.17, 15) is 0 Å². The van der Waals surface area contributed by atoms with E-state index in [0.717, 1.165) is 36.9 Å². The van der Waals surface area contributed by atoms with E-state index >= 15 is 0 Å². The van der Waals surface area contributed by atoms with E-state index in [1.165, 1.54) is 10.7 Å². The van der Waals surface area contributed by atoms with Gasteiger partial charge < -0.3 is 4.74 Å². The van der Waals surface area contributed by atoms with Crippen LogP contribution < -0.4 is 0 Å². The highest BCUT2D eigenvalue weighted by molar-refractivity contribution is 7.10. The standard InChI is InChI=1S/C15H21N3OS2/c1-10(2)14-17-12(9-21-14)6-18-4-5-19-13(7-18)15-16-11(3)8-20-15/h8-10,13H,4-7H2,1-3H3/t13-/m1/s1. The fourth-order valence-electron chi connectivity index (χ4n) is 2.41. The Kier molecular flexibility index (Phi) is 4.69. The molecule has 1 fully saturated rings. The fourth-order valence-corrected chi connectivity index (χ4v) is 4.07. The third-order valence-electron chi connectivity index (χ3n) is 3.51. The highest BCUT2D eigenvalue weighted by Crippen LogP contribution is 2.26. The average molecular weight is 323 g/mol. The van der Waals surface area contributed by atoms with E-state index in [0.29, 0.717) is 5.92 Å². The maximum absolute atomic E-state index is 5.88. The van der Waals surface area contributed by atoms with Crippen LogP contribution in [0.4, 0.5) is 0 Å². The van der Waals surface area contributed by atoms with Crippen molar-refractivity contribution in [1.82, 2.24) is 14.9 Å². The van der Waals surface area contributed by atoms with Crippen molar-refractivity contribution in [3.05, 3.63) is 32.2 Å². The Balaban J connectivity index is 1.63. The topological polar surface area (TPSA) is 38.2 Å². The molecule has 1 aliphatic rings. The normalized spacial score (nSPS) is 20.3. The van der Waals surface area contributed by atoms with Crippen LogP contribution in [0.1, 0.15) is 47.3 Å². The smallest absolute Gasteiger partial charge is 0.123 e. The van der Waals surface area contributed by atoms with Crippen molar-refractivity contribution >= 4 is 22.7 Å². The van der Waals surface area contributed by atoms with Crippen LogP contribution in [0.15, 0.2) is 10.8 Å². The molecule has 0 bridgehead atoms. The Bertz CT molecular complexity index is 593. The zero-order valence-corrected chi connectivity index (χ0v) is 14.3. The first-order chi connectivity index (χ1) is 10.1. The Morgan fingerprint density at radius 2 is 2.19 bits per heavy atom. The molecule has 0 N–H and O–H groups in total. The molecule has 3 rings (SSSR count). The minimum absolute atomic E-state index is 0.112. The van der Waals surface area contributed by atoms with Gasteiger partial charge in [0.1, 0.15) is 11.1 Å². The minimum Gasteiger partial charge on any atom is -0.368 e. The number of hydrogen-bond donors (Lipinski definition) is 0. The third-order valence-corrected chi connectivity index (χ3v) is 5.76. The van der Waals surface area contributed by atoms with Gasteiger partial charge in [0.2, 0.25) is 0 Å². The first-order valence-electron chi connectivity index (χ1n) is 7.32. The van der Waals surface area contributed by atoms with Gasteiger partial charge in [-0.1, -0.05) is 13.8 Å². The molecule has 2 aromatic heterocycles. The van der Waals surface area contributed by atoms with Crippen LogP contribution in [0.5, 0.6) is 0 Å². The lowest BCUT2D eigenvalue weighted by atomic mass is 10.2. The molecule has 21 heavy (non-hydrogen) atoms. The molecule has 0 unspecified atom stereocenters. The van der Waals surface area contributed by atoms with E-state index in [4.69, 9.17) is 9.72 Å². The largest absolute Gasteiger partial charge is 0.368 e. The number of aromatic nitrogens is 2. The van der Waals surface area contributed by atoms with E-state index in [1.807, 2.05) is 6.92 Å². The quantitative estimate of drug-likeness (QED) is 0.861. The zero-order chi connectivity index (χ0) is 14.8. The van der Waals surface area contributed by atoms with E-state index in [1.54, 1.807) is 22.7 Å². The summed E-state index contributed by atoms with van der Waals surface area (Å²) in [5.74, 6) is 0.513. The summed E-state index contributed by atoms with van der Waals surface area (Å²) < 4.78 is 5.88. The highest BCUT2D eigenvalue weighted by Gasteiger charge is 2.24. The van der Waals surface area contributed by atoms with Gasteiger partial charge in [-0.3, -0.25) is 4.90 Å². The fraction of sp³-hybridized carbons (Fsp3) is 0.600.